The van der Waals surface area contributed by atoms with Crippen molar-refractivity contribution in [3.8, 4) is 5.75 Å². The Morgan fingerprint density at radius 2 is 2.00 bits per heavy atom. The van der Waals surface area contributed by atoms with Crippen LogP contribution in [-0.4, -0.2) is 37.7 Å². The molecule has 1 N–H and O–H groups in total. The van der Waals surface area contributed by atoms with Crippen LogP contribution in [0.2, 0.25) is 0 Å². The van der Waals surface area contributed by atoms with E-state index < -0.39 is 0 Å². The minimum absolute atomic E-state index is 0.278. The van der Waals surface area contributed by atoms with Gasteiger partial charge in [0.1, 0.15) is 5.75 Å². The van der Waals surface area contributed by atoms with Gasteiger partial charge in [-0.3, -0.25) is 0 Å². The van der Waals surface area contributed by atoms with Crippen LogP contribution in [0.1, 0.15) is 19.3 Å². The maximum atomic E-state index is 11.9. The van der Waals surface area contributed by atoms with Gasteiger partial charge in [-0.25, -0.2) is 4.79 Å². The number of hydrogen-bond acceptors (Lipinski definition) is 3. The predicted octanol–water partition coefficient (Wildman–Crippen LogP) is 2.51. The van der Waals surface area contributed by atoms with Crippen LogP contribution in [-0.2, 0) is 0 Å². The molecule has 104 valence electrons. The van der Waals surface area contributed by atoms with Gasteiger partial charge in [0.2, 0.25) is 0 Å². The zero-order chi connectivity index (χ0) is 13.5. The van der Waals surface area contributed by atoms with E-state index in [2.05, 4.69) is 5.32 Å². The topological polar surface area (TPSA) is 41.6 Å². The Hall–Kier alpha value is -1.55. The lowest BCUT2D eigenvalue weighted by Crippen LogP contribution is -2.34. The van der Waals surface area contributed by atoms with Gasteiger partial charge >= 0.3 is 6.09 Å². The minimum atomic E-state index is -0.278. The van der Waals surface area contributed by atoms with E-state index >= 15 is 0 Å². The highest BCUT2D eigenvalue weighted by molar-refractivity contribution is 5.70. The van der Waals surface area contributed by atoms with Gasteiger partial charge in [0.25, 0.3) is 0 Å². The van der Waals surface area contributed by atoms with Crippen molar-refractivity contribution in [3.63, 3.8) is 0 Å². The summed E-state index contributed by atoms with van der Waals surface area (Å²) in [7, 11) is 1.80. The van der Waals surface area contributed by atoms with E-state index in [9.17, 15) is 4.79 Å². The first-order valence-electron chi connectivity index (χ1n) is 6.94. The number of amides is 1. The lowest BCUT2D eigenvalue weighted by Gasteiger charge is -2.25. The third kappa shape index (κ3) is 4.56. The molecule has 0 saturated carbocycles. The van der Waals surface area contributed by atoms with E-state index in [0.29, 0.717) is 5.75 Å². The summed E-state index contributed by atoms with van der Waals surface area (Å²) in [6.07, 6.45) is 3.20. The van der Waals surface area contributed by atoms with Crippen LogP contribution in [0.25, 0.3) is 0 Å². The molecule has 2 rings (SSSR count). The molecule has 0 bridgehead atoms. The number of benzene rings is 1. The summed E-state index contributed by atoms with van der Waals surface area (Å²) >= 11 is 0. The van der Waals surface area contributed by atoms with Crippen LogP contribution in [0.5, 0.6) is 5.75 Å². The molecule has 19 heavy (non-hydrogen) atoms. The zero-order valence-corrected chi connectivity index (χ0v) is 11.5. The number of para-hydroxylation sites is 1. The van der Waals surface area contributed by atoms with Crippen molar-refractivity contribution in [2.75, 3.05) is 26.7 Å². The number of carbonyl (C=O) groups excluding carboxylic acids is 1. The molecule has 1 aromatic carbocycles. The first-order chi connectivity index (χ1) is 9.25. The molecule has 1 fully saturated rings. The molecular weight excluding hydrogens is 240 g/mol. The van der Waals surface area contributed by atoms with Crippen LogP contribution in [0.15, 0.2) is 30.3 Å². The fourth-order valence-corrected chi connectivity index (χ4v) is 2.31. The van der Waals surface area contributed by atoms with E-state index in [4.69, 9.17) is 4.74 Å². The molecule has 0 aromatic heterocycles. The van der Waals surface area contributed by atoms with Gasteiger partial charge < -0.3 is 15.0 Å². The molecular formula is C15H22N2O2. The van der Waals surface area contributed by atoms with Crippen molar-refractivity contribution in [2.45, 2.75) is 19.3 Å². The molecule has 0 unspecified atom stereocenters. The van der Waals surface area contributed by atoms with Gasteiger partial charge in [0.15, 0.2) is 0 Å². The summed E-state index contributed by atoms with van der Waals surface area (Å²) < 4.78 is 5.29. The first-order valence-corrected chi connectivity index (χ1v) is 6.94. The van der Waals surface area contributed by atoms with Crippen LogP contribution in [0.4, 0.5) is 4.79 Å². The Bertz CT molecular complexity index is 388. The van der Waals surface area contributed by atoms with Crippen LogP contribution in [0, 0.1) is 5.92 Å². The first kappa shape index (κ1) is 13.9. The predicted molar refractivity (Wildman–Crippen MR) is 75.3 cm³/mol. The van der Waals surface area contributed by atoms with E-state index in [0.717, 1.165) is 32.0 Å². The Kier molecular flexibility index (Phi) is 5.21. The summed E-state index contributed by atoms with van der Waals surface area (Å²) in [5.74, 6) is 1.33. The van der Waals surface area contributed by atoms with Crippen molar-refractivity contribution in [1.29, 1.82) is 0 Å². The summed E-state index contributed by atoms with van der Waals surface area (Å²) in [6.45, 7) is 2.96. The maximum Gasteiger partial charge on any atom is 0.414 e. The second-order valence-electron chi connectivity index (χ2n) is 5.08. The Morgan fingerprint density at radius 1 is 1.32 bits per heavy atom. The fourth-order valence-electron chi connectivity index (χ4n) is 2.31. The Balaban J connectivity index is 1.73. The quantitative estimate of drug-likeness (QED) is 0.906. The second kappa shape index (κ2) is 7.14. The molecule has 0 spiro atoms. The highest BCUT2D eigenvalue weighted by atomic mass is 16.6. The lowest BCUT2D eigenvalue weighted by atomic mass is 9.94. The number of hydrogen-bond donors (Lipinski definition) is 1. The summed E-state index contributed by atoms with van der Waals surface area (Å²) in [6, 6.07) is 9.20. The second-order valence-corrected chi connectivity index (χ2v) is 5.08. The SMILES string of the molecule is CN(CCC1CCNCC1)C(=O)Oc1ccccc1. The van der Waals surface area contributed by atoms with Crippen molar-refractivity contribution in [1.82, 2.24) is 10.2 Å². The fraction of sp³-hybridized carbons (Fsp3) is 0.533. The Labute approximate surface area is 114 Å². The van der Waals surface area contributed by atoms with Crippen LogP contribution in [0.3, 0.4) is 0 Å². The molecule has 1 aliphatic heterocycles. The standard InChI is InChI=1S/C15H22N2O2/c1-17(12-9-13-7-10-16-11-8-13)15(18)19-14-5-3-2-4-6-14/h2-6,13,16H,7-12H2,1H3. The van der Waals surface area contributed by atoms with Crippen molar-refractivity contribution in [3.05, 3.63) is 30.3 Å². The van der Waals surface area contributed by atoms with Crippen molar-refractivity contribution < 1.29 is 9.53 Å². The van der Waals surface area contributed by atoms with Crippen molar-refractivity contribution in [2.24, 2.45) is 5.92 Å². The van der Waals surface area contributed by atoms with Gasteiger partial charge in [-0.1, -0.05) is 18.2 Å². The zero-order valence-electron chi connectivity index (χ0n) is 11.5. The molecule has 1 amide bonds. The minimum Gasteiger partial charge on any atom is -0.410 e. The monoisotopic (exact) mass is 262 g/mol. The smallest absolute Gasteiger partial charge is 0.410 e. The molecule has 0 aliphatic carbocycles. The van der Waals surface area contributed by atoms with E-state index in [1.165, 1.54) is 12.8 Å². The normalized spacial score (nSPS) is 16.1. The largest absolute Gasteiger partial charge is 0.414 e. The van der Waals surface area contributed by atoms with Crippen LogP contribution >= 0.6 is 0 Å². The summed E-state index contributed by atoms with van der Waals surface area (Å²) in [4.78, 5) is 13.5. The molecule has 4 heteroatoms. The van der Waals surface area contributed by atoms with Gasteiger partial charge in [0, 0.05) is 13.6 Å². The summed E-state index contributed by atoms with van der Waals surface area (Å²) in [5, 5.41) is 3.35. The molecule has 1 heterocycles. The number of nitrogens with one attached hydrogen (secondary N) is 1. The molecule has 1 aromatic rings. The number of piperidine rings is 1. The average Bonchev–Trinajstić information content (AvgIpc) is 2.47. The number of ether oxygens (including phenoxy) is 1. The molecule has 4 nitrogen and oxygen atoms in total. The van der Waals surface area contributed by atoms with E-state index in [1.807, 2.05) is 18.2 Å². The third-order valence-corrected chi connectivity index (χ3v) is 3.59. The summed E-state index contributed by atoms with van der Waals surface area (Å²) in [5.41, 5.74) is 0. The molecule has 1 aliphatic rings. The number of rotatable bonds is 4. The highest BCUT2D eigenvalue weighted by Crippen LogP contribution is 2.16. The third-order valence-electron chi connectivity index (χ3n) is 3.59. The van der Waals surface area contributed by atoms with Gasteiger partial charge in [0.05, 0.1) is 0 Å². The number of nitrogens with zero attached hydrogens (tertiary/aromatic N) is 1. The number of carbonyl (C=O) groups is 1. The Morgan fingerprint density at radius 3 is 2.68 bits per heavy atom. The van der Waals surface area contributed by atoms with Crippen LogP contribution < -0.4 is 10.1 Å². The molecule has 0 atom stereocenters. The molecule has 1 saturated heterocycles. The van der Waals surface area contributed by atoms with Gasteiger partial charge in [-0.05, 0) is 50.4 Å². The van der Waals surface area contributed by atoms with Gasteiger partial charge in [-0.15, -0.1) is 0 Å². The highest BCUT2D eigenvalue weighted by Gasteiger charge is 2.16. The average molecular weight is 262 g/mol. The van der Waals surface area contributed by atoms with E-state index in [1.54, 1.807) is 24.1 Å². The molecule has 0 radical (unpaired) electrons. The van der Waals surface area contributed by atoms with E-state index in [-0.39, 0.29) is 6.09 Å². The lowest BCUT2D eigenvalue weighted by molar-refractivity contribution is 0.158. The van der Waals surface area contributed by atoms with Gasteiger partial charge in [-0.2, -0.15) is 0 Å². The maximum absolute atomic E-state index is 11.9. The van der Waals surface area contributed by atoms with Crippen molar-refractivity contribution >= 4 is 6.09 Å².